The van der Waals surface area contributed by atoms with Crippen molar-refractivity contribution < 1.29 is 4.42 Å². The number of aryl methyl sites for hydroxylation is 1. The second-order valence-corrected chi connectivity index (χ2v) is 5.04. The summed E-state index contributed by atoms with van der Waals surface area (Å²) in [7, 11) is 0. The molecule has 6 heteroatoms. The van der Waals surface area contributed by atoms with E-state index in [1.165, 1.54) is 0 Å². The van der Waals surface area contributed by atoms with Gasteiger partial charge in [-0.1, -0.05) is 18.3 Å². The highest BCUT2D eigenvalue weighted by atomic mass is 79.9. The Hall–Kier alpha value is -1.40. The fourth-order valence-corrected chi connectivity index (χ4v) is 2.51. The summed E-state index contributed by atoms with van der Waals surface area (Å²) >= 11 is 8.47. The van der Waals surface area contributed by atoms with Crippen LogP contribution in [-0.2, 0) is 6.54 Å². The summed E-state index contributed by atoms with van der Waals surface area (Å²) in [5, 5.41) is 3.21. The number of oxazole rings is 1. The molecule has 1 heterocycles. The van der Waals surface area contributed by atoms with Crippen LogP contribution in [0.15, 0.2) is 33.3 Å². The predicted octanol–water partition coefficient (Wildman–Crippen LogP) is 2.99. The van der Waals surface area contributed by atoms with Crippen LogP contribution in [0.1, 0.15) is 17.2 Å². The Morgan fingerprint density at radius 3 is 2.94 bits per heavy atom. The number of nitrogens with zero attached hydrogens (tertiary/aromatic N) is 1. The summed E-state index contributed by atoms with van der Waals surface area (Å²) in [4.78, 5) is 4.46. The maximum absolute atomic E-state index is 5.71. The van der Waals surface area contributed by atoms with Crippen molar-refractivity contribution in [3.8, 4) is 0 Å². The molecule has 94 valence electrons. The minimum absolute atomic E-state index is 0.341. The van der Waals surface area contributed by atoms with E-state index in [0.29, 0.717) is 17.4 Å². The van der Waals surface area contributed by atoms with Crippen LogP contribution in [0, 0.1) is 6.92 Å². The molecule has 0 unspecified atom stereocenters. The van der Waals surface area contributed by atoms with Crippen LogP contribution in [-0.4, -0.2) is 9.97 Å². The molecule has 0 spiro atoms. The topological polar surface area (TPSA) is 64.1 Å². The molecule has 1 aromatic carbocycles. The van der Waals surface area contributed by atoms with E-state index in [4.69, 9.17) is 22.4 Å². The Morgan fingerprint density at radius 2 is 2.33 bits per heavy atom. The summed E-state index contributed by atoms with van der Waals surface area (Å²) < 4.78 is 6.25. The van der Waals surface area contributed by atoms with Gasteiger partial charge >= 0.3 is 0 Å². The summed E-state index contributed by atoms with van der Waals surface area (Å²) in [6, 6.07) is 5.72. The van der Waals surface area contributed by atoms with E-state index < -0.39 is 0 Å². The van der Waals surface area contributed by atoms with E-state index in [1.807, 2.05) is 25.1 Å². The fourth-order valence-electron chi connectivity index (χ4n) is 1.58. The van der Waals surface area contributed by atoms with Crippen LogP contribution in [0.3, 0.4) is 0 Å². The lowest BCUT2D eigenvalue weighted by molar-refractivity contribution is 0.479. The molecule has 3 N–H and O–H groups in total. The Balaban J connectivity index is 2.19. The minimum Gasteiger partial charge on any atom is -0.444 e. The molecule has 0 atom stereocenters. The van der Waals surface area contributed by atoms with Gasteiger partial charge in [-0.15, -0.1) is 0 Å². The molecule has 2 rings (SSSR count). The first kappa shape index (κ1) is 13.0. The van der Waals surface area contributed by atoms with E-state index in [-0.39, 0.29) is 0 Å². The van der Waals surface area contributed by atoms with E-state index in [2.05, 4.69) is 26.2 Å². The van der Waals surface area contributed by atoms with Crippen LogP contribution in [0.4, 0.5) is 5.69 Å². The van der Waals surface area contributed by atoms with Crippen molar-refractivity contribution in [2.45, 2.75) is 13.5 Å². The third-order valence-corrected chi connectivity index (χ3v) is 3.22. The Morgan fingerprint density at radius 1 is 1.56 bits per heavy atom. The molecule has 0 aliphatic carbocycles. The van der Waals surface area contributed by atoms with E-state index in [0.717, 1.165) is 21.5 Å². The van der Waals surface area contributed by atoms with Crippen LogP contribution in [0.2, 0.25) is 0 Å². The number of nitrogens with one attached hydrogen (secondary N) is 1. The van der Waals surface area contributed by atoms with Gasteiger partial charge in [0, 0.05) is 15.7 Å². The lowest BCUT2D eigenvalue weighted by Gasteiger charge is -2.11. The number of thiocarbonyl (C=S) groups is 1. The monoisotopic (exact) mass is 325 g/mol. The van der Waals surface area contributed by atoms with E-state index >= 15 is 0 Å². The number of hydrogen-bond donors (Lipinski definition) is 2. The van der Waals surface area contributed by atoms with Crippen molar-refractivity contribution in [3.05, 3.63) is 46.1 Å². The number of halogens is 1. The maximum Gasteiger partial charge on any atom is 0.213 e. The van der Waals surface area contributed by atoms with Crippen molar-refractivity contribution in [1.82, 2.24) is 4.98 Å². The van der Waals surface area contributed by atoms with E-state index in [1.54, 1.807) is 6.20 Å². The number of aromatic nitrogens is 1. The van der Waals surface area contributed by atoms with Crippen LogP contribution < -0.4 is 11.1 Å². The van der Waals surface area contributed by atoms with Gasteiger partial charge in [-0.25, -0.2) is 4.98 Å². The number of anilines is 1. The first-order valence-electron chi connectivity index (χ1n) is 5.31. The average Bonchev–Trinajstić information content (AvgIpc) is 2.72. The molecule has 0 aliphatic heterocycles. The van der Waals surface area contributed by atoms with Crippen molar-refractivity contribution in [2.75, 3.05) is 5.32 Å². The fraction of sp³-hybridized carbons (Fsp3) is 0.167. The van der Waals surface area contributed by atoms with Gasteiger partial charge in [-0.3, -0.25) is 0 Å². The van der Waals surface area contributed by atoms with Gasteiger partial charge in [0.05, 0.1) is 12.7 Å². The Bertz CT molecular complexity index is 582. The van der Waals surface area contributed by atoms with Crippen LogP contribution >= 0.6 is 28.1 Å². The molecule has 0 fully saturated rings. The molecule has 0 amide bonds. The average molecular weight is 326 g/mol. The third kappa shape index (κ3) is 2.88. The second-order valence-electron chi connectivity index (χ2n) is 3.74. The minimum atomic E-state index is 0.341. The standard InChI is InChI=1S/C12H12BrN3OS/c1-7-5-16-10(17-7)6-15-9-4-2-3-8(13)11(9)12(14)18/h2-5,15H,6H2,1H3,(H2,14,18). The Labute approximate surface area is 119 Å². The molecular weight excluding hydrogens is 314 g/mol. The highest BCUT2D eigenvalue weighted by Gasteiger charge is 2.10. The molecule has 0 aliphatic rings. The molecular formula is C12H12BrN3OS. The first-order valence-corrected chi connectivity index (χ1v) is 6.51. The van der Waals surface area contributed by atoms with Gasteiger partial charge in [0.1, 0.15) is 10.7 Å². The molecule has 2 aromatic rings. The molecule has 0 bridgehead atoms. The summed E-state index contributed by atoms with van der Waals surface area (Å²) in [6.45, 7) is 2.34. The zero-order valence-electron chi connectivity index (χ0n) is 9.74. The lowest BCUT2D eigenvalue weighted by Crippen LogP contribution is -2.14. The lowest BCUT2D eigenvalue weighted by atomic mass is 10.2. The smallest absolute Gasteiger partial charge is 0.213 e. The van der Waals surface area contributed by atoms with Crippen molar-refractivity contribution >= 4 is 38.8 Å². The van der Waals surface area contributed by atoms with Crippen LogP contribution in [0.5, 0.6) is 0 Å². The van der Waals surface area contributed by atoms with Crippen molar-refractivity contribution in [2.24, 2.45) is 5.73 Å². The maximum atomic E-state index is 5.71. The van der Waals surface area contributed by atoms with Gasteiger partial charge < -0.3 is 15.5 Å². The molecule has 0 saturated heterocycles. The number of nitrogens with two attached hydrogens (primary N) is 1. The number of rotatable bonds is 4. The SMILES string of the molecule is Cc1cnc(CNc2cccc(Br)c2C(N)=S)o1. The highest BCUT2D eigenvalue weighted by molar-refractivity contribution is 9.10. The molecule has 0 radical (unpaired) electrons. The zero-order chi connectivity index (χ0) is 13.1. The van der Waals surface area contributed by atoms with Crippen molar-refractivity contribution in [1.29, 1.82) is 0 Å². The van der Waals surface area contributed by atoms with Crippen LogP contribution in [0.25, 0.3) is 0 Å². The quantitative estimate of drug-likeness (QED) is 0.846. The molecule has 18 heavy (non-hydrogen) atoms. The summed E-state index contributed by atoms with van der Waals surface area (Å²) in [5.41, 5.74) is 7.35. The number of benzene rings is 1. The Kier molecular flexibility index (Phi) is 3.98. The summed E-state index contributed by atoms with van der Waals surface area (Å²) in [5.74, 6) is 1.41. The zero-order valence-corrected chi connectivity index (χ0v) is 12.1. The molecule has 4 nitrogen and oxygen atoms in total. The van der Waals surface area contributed by atoms with E-state index in [9.17, 15) is 0 Å². The first-order chi connectivity index (χ1) is 8.58. The van der Waals surface area contributed by atoms with Gasteiger partial charge in [0.15, 0.2) is 0 Å². The predicted molar refractivity (Wildman–Crippen MR) is 78.6 cm³/mol. The van der Waals surface area contributed by atoms with Gasteiger partial charge in [0.25, 0.3) is 0 Å². The largest absolute Gasteiger partial charge is 0.444 e. The molecule has 0 saturated carbocycles. The third-order valence-electron chi connectivity index (χ3n) is 2.36. The summed E-state index contributed by atoms with van der Waals surface area (Å²) in [6.07, 6.45) is 1.69. The number of hydrogen-bond acceptors (Lipinski definition) is 4. The van der Waals surface area contributed by atoms with Gasteiger partial charge in [-0.2, -0.15) is 0 Å². The van der Waals surface area contributed by atoms with Gasteiger partial charge in [0.2, 0.25) is 5.89 Å². The molecule has 1 aromatic heterocycles. The highest BCUT2D eigenvalue weighted by Crippen LogP contribution is 2.25. The van der Waals surface area contributed by atoms with Gasteiger partial charge in [-0.05, 0) is 35.0 Å². The van der Waals surface area contributed by atoms with Crippen molar-refractivity contribution in [3.63, 3.8) is 0 Å². The normalized spacial score (nSPS) is 10.3. The second kappa shape index (κ2) is 5.49.